The van der Waals surface area contributed by atoms with Gasteiger partial charge in [0.25, 0.3) is 5.69 Å². The lowest BCUT2D eigenvalue weighted by atomic mass is 10.1. The van der Waals surface area contributed by atoms with Crippen LogP contribution in [0.3, 0.4) is 0 Å². The van der Waals surface area contributed by atoms with Crippen LogP contribution in [0, 0.1) is 10.1 Å². The second-order valence-electron chi connectivity index (χ2n) is 5.51. The number of benzene rings is 2. The van der Waals surface area contributed by atoms with Gasteiger partial charge >= 0.3 is 11.9 Å². The summed E-state index contributed by atoms with van der Waals surface area (Å²) in [4.78, 5) is 34.6. The molecule has 8 heteroatoms. The van der Waals surface area contributed by atoms with E-state index >= 15 is 0 Å². The molecule has 0 aliphatic rings. The molecule has 2 aromatic carbocycles. The van der Waals surface area contributed by atoms with Crippen LogP contribution in [0.1, 0.15) is 33.4 Å². The highest BCUT2D eigenvalue weighted by Crippen LogP contribution is 2.27. The van der Waals surface area contributed by atoms with Crippen LogP contribution in [0.5, 0.6) is 0 Å². The SMILES string of the molecule is CCOC(=O)c1oc2ccccc2c1COC(=O)c1cccc([N+](=O)[O-])c1. The maximum atomic E-state index is 12.3. The summed E-state index contributed by atoms with van der Waals surface area (Å²) in [6, 6.07) is 12.1. The third-order valence-corrected chi connectivity index (χ3v) is 3.80. The molecular weight excluding hydrogens is 354 g/mol. The largest absolute Gasteiger partial charge is 0.460 e. The lowest BCUT2D eigenvalue weighted by Gasteiger charge is -2.06. The van der Waals surface area contributed by atoms with E-state index in [0.717, 1.165) is 6.07 Å². The number of nitrogens with zero attached hydrogens (tertiary/aromatic N) is 1. The Kier molecular flexibility index (Phi) is 5.16. The smallest absolute Gasteiger partial charge is 0.374 e. The van der Waals surface area contributed by atoms with Crippen LogP contribution in [0.15, 0.2) is 52.9 Å². The molecule has 1 aromatic heterocycles. The van der Waals surface area contributed by atoms with E-state index in [4.69, 9.17) is 13.9 Å². The zero-order valence-electron chi connectivity index (χ0n) is 14.3. The third-order valence-electron chi connectivity index (χ3n) is 3.80. The van der Waals surface area contributed by atoms with E-state index in [9.17, 15) is 19.7 Å². The van der Waals surface area contributed by atoms with Crippen molar-refractivity contribution in [1.29, 1.82) is 0 Å². The molecule has 0 amide bonds. The number of carbonyl (C=O) groups is 2. The van der Waals surface area contributed by atoms with Gasteiger partial charge in [0, 0.05) is 17.5 Å². The summed E-state index contributed by atoms with van der Waals surface area (Å²) in [5, 5.41) is 11.5. The highest BCUT2D eigenvalue weighted by molar-refractivity contribution is 5.96. The van der Waals surface area contributed by atoms with E-state index < -0.39 is 16.9 Å². The van der Waals surface area contributed by atoms with E-state index in [1.54, 1.807) is 31.2 Å². The Morgan fingerprint density at radius 1 is 1.07 bits per heavy atom. The molecule has 0 fully saturated rings. The molecule has 0 radical (unpaired) electrons. The second-order valence-corrected chi connectivity index (χ2v) is 5.51. The number of ether oxygens (including phenoxy) is 2. The molecule has 0 aliphatic heterocycles. The quantitative estimate of drug-likeness (QED) is 0.368. The first-order valence-corrected chi connectivity index (χ1v) is 8.10. The molecule has 3 rings (SSSR count). The average molecular weight is 369 g/mol. The van der Waals surface area contributed by atoms with Crippen LogP contribution in [-0.4, -0.2) is 23.5 Å². The summed E-state index contributed by atoms with van der Waals surface area (Å²) < 4.78 is 15.8. The van der Waals surface area contributed by atoms with Gasteiger partial charge in [0.15, 0.2) is 0 Å². The molecule has 8 nitrogen and oxygen atoms in total. The van der Waals surface area contributed by atoms with Crippen LogP contribution in [0.2, 0.25) is 0 Å². The maximum Gasteiger partial charge on any atom is 0.374 e. The fourth-order valence-corrected chi connectivity index (χ4v) is 2.57. The van der Waals surface area contributed by atoms with Crippen molar-refractivity contribution < 1.29 is 28.4 Å². The molecule has 1 heterocycles. The highest BCUT2D eigenvalue weighted by Gasteiger charge is 2.23. The summed E-state index contributed by atoms with van der Waals surface area (Å²) in [6.07, 6.45) is 0. The van der Waals surface area contributed by atoms with Gasteiger partial charge in [0.05, 0.1) is 22.7 Å². The number of hydrogen-bond acceptors (Lipinski definition) is 7. The molecule has 0 aliphatic carbocycles. The van der Waals surface area contributed by atoms with Crippen molar-refractivity contribution >= 4 is 28.6 Å². The molecule has 0 bridgehead atoms. The summed E-state index contributed by atoms with van der Waals surface area (Å²) in [6.45, 7) is 1.60. The topological polar surface area (TPSA) is 109 Å². The first-order chi connectivity index (χ1) is 13.0. The Morgan fingerprint density at radius 2 is 1.85 bits per heavy atom. The Labute approximate surface area is 153 Å². The maximum absolute atomic E-state index is 12.3. The van der Waals surface area contributed by atoms with Crippen molar-refractivity contribution in [3.63, 3.8) is 0 Å². The van der Waals surface area contributed by atoms with Crippen molar-refractivity contribution in [2.45, 2.75) is 13.5 Å². The fourth-order valence-electron chi connectivity index (χ4n) is 2.57. The minimum Gasteiger partial charge on any atom is -0.460 e. The van der Waals surface area contributed by atoms with Crippen LogP contribution in [-0.2, 0) is 16.1 Å². The van der Waals surface area contributed by atoms with Gasteiger partial charge < -0.3 is 13.9 Å². The molecule has 3 aromatic rings. The number of para-hydroxylation sites is 1. The van der Waals surface area contributed by atoms with Crippen LogP contribution >= 0.6 is 0 Å². The number of hydrogen-bond donors (Lipinski definition) is 0. The first-order valence-electron chi connectivity index (χ1n) is 8.10. The van der Waals surface area contributed by atoms with Gasteiger partial charge in [0.1, 0.15) is 12.2 Å². The zero-order valence-corrected chi connectivity index (χ0v) is 14.3. The Bertz CT molecular complexity index is 1020. The van der Waals surface area contributed by atoms with Gasteiger partial charge in [-0.2, -0.15) is 0 Å². The number of esters is 2. The van der Waals surface area contributed by atoms with Crippen molar-refractivity contribution in [2.24, 2.45) is 0 Å². The molecule has 0 unspecified atom stereocenters. The zero-order chi connectivity index (χ0) is 19.4. The Balaban J connectivity index is 1.87. The Hall–Kier alpha value is -3.68. The summed E-state index contributed by atoms with van der Waals surface area (Å²) in [5.41, 5.74) is 0.657. The predicted octanol–water partition coefficient (Wildman–Crippen LogP) is 3.87. The van der Waals surface area contributed by atoms with E-state index in [-0.39, 0.29) is 30.2 Å². The second kappa shape index (κ2) is 7.69. The van der Waals surface area contributed by atoms with Crippen molar-refractivity contribution in [1.82, 2.24) is 0 Å². The molecule has 0 atom stereocenters. The Morgan fingerprint density at radius 3 is 2.59 bits per heavy atom. The van der Waals surface area contributed by atoms with E-state index in [2.05, 4.69) is 0 Å². The molecule has 0 spiro atoms. The van der Waals surface area contributed by atoms with Crippen molar-refractivity contribution in [3.8, 4) is 0 Å². The minimum absolute atomic E-state index is 0.0367. The third kappa shape index (κ3) is 3.79. The normalized spacial score (nSPS) is 10.6. The van der Waals surface area contributed by atoms with E-state index in [1.807, 2.05) is 0 Å². The number of non-ortho nitro benzene ring substituents is 1. The van der Waals surface area contributed by atoms with E-state index in [1.165, 1.54) is 18.2 Å². The molecule has 0 saturated carbocycles. The predicted molar refractivity (Wildman–Crippen MR) is 94.4 cm³/mol. The van der Waals surface area contributed by atoms with Crippen LogP contribution in [0.4, 0.5) is 5.69 Å². The van der Waals surface area contributed by atoms with Gasteiger partial charge in [0.2, 0.25) is 5.76 Å². The van der Waals surface area contributed by atoms with Gasteiger partial charge in [-0.15, -0.1) is 0 Å². The molecule has 0 saturated heterocycles. The number of nitro groups is 1. The van der Waals surface area contributed by atoms with Crippen LogP contribution in [0.25, 0.3) is 11.0 Å². The average Bonchev–Trinajstić information content (AvgIpc) is 3.05. The van der Waals surface area contributed by atoms with Gasteiger partial charge in [-0.05, 0) is 19.1 Å². The van der Waals surface area contributed by atoms with E-state index in [0.29, 0.717) is 16.5 Å². The number of carbonyl (C=O) groups excluding carboxylic acids is 2. The molecular formula is C19H15NO7. The lowest BCUT2D eigenvalue weighted by Crippen LogP contribution is -2.10. The fraction of sp³-hybridized carbons (Fsp3) is 0.158. The van der Waals surface area contributed by atoms with Crippen LogP contribution < -0.4 is 0 Å². The first kappa shape index (κ1) is 18.1. The van der Waals surface area contributed by atoms with Crippen molar-refractivity contribution in [2.75, 3.05) is 6.61 Å². The lowest BCUT2D eigenvalue weighted by molar-refractivity contribution is -0.384. The molecule has 27 heavy (non-hydrogen) atoms. The summed E-state index contributed by atoms with van der Waals surface area (Å²) in [7, 11) is 0. The number of nitro benzene ring substituents is 1. The molecule has 0 N–H and O–H groups in total. The summed E-state index contributed by atoms with van der Waals surface area (Å²) in [5.74, 6) is -1.45. The van der Waals surface area contributed by atoms with Gasteiger partial charge in [-0.1, -0.05) is 24.3 Å². The molecule has 138 valence electrons. The van der Waals surface area contributed by atoms with Gasteiger partial charge in [-0.25, -0.2) is 9.59 Å². The van der Waals surface area contributed by atoms with Gasteiger partial charge in [-0.3, -0.25) is 10.1 Å². The number of fused-ring (bicyclic) bond motifs is 1. The number of rotatable bonds is 6. The van der Waals surface area contributed by atoms with Crippen molar-refractivity contribution in [3.05, 3.63) is 75.5 Å². The standard InChI is InChI=1S/C19H15NO7/c1-2-25-19(22)17-15(14-8-3-4-9-16(14)27-17)11-26-18(21)12-6-5-7-13(10-12)20(23)24/h3-10H,2,11H2,1H3. The highest BCUT2D eigenvalue weighted by atomic mass is 16.6. The summed E-state index contributed by atoms with van der Waals surface area (Å²) >= 11 is 0. The monoisotopic (exact) mass is 369 g/mol. The number of furan rings is 1. The minimum atomic E-state index is -0.751.